The highest BCUT2D eigenvalue weighted by Gasteiger charge is 2.31. The Morgan fingerprint density at radius 1 is 1.41 bits per heavy atom. The summed E-state index contributed by atoms with van der Waals surface area (Å²) in [5.41, 5.74) is -0.961. The summed E-state index contributed by atoms with van der Waals surface area (Å²) in [6.45, 7) is 0. The van der Waals surface area contributed by atoms with Crippen LogP contribution in [-0.2, 0) is 0 Å². The van der Waals surface area contributed by atoms with Crippen LogP contribution in [0, 0.1) is 21.7 Å². The minimum atomic E-state index is -1.26. The van der Waals surface area contributed by atoms with Gasteiger partial charge in [0.15, 0.2) is 17.3 Å². The third kappa shape index (κ3) is 2.19. The fourth-order valence-corrected chi connectivity index (χ4v) is 1.74. The number of halogens is 2. The number of nitro groups is 1. The summed E-state index contributed by atoms with van der Waals surface area (Å²) in [5.74, 6) is -2.40. The molecule has 1 aliphatic rings. The fourth-order valence-electron chi connectivity index (χ4n) is 1.74. The van der Waals surface area contributed by atoms with Crippen molar-refractivity contribution in [1.82, 2.24) is 0 Å². The van der Waals surface area contributed by atoms with Crippen LogP contribution < -0.4 is 5.32 Å². The molecule has 1 aromatic carbocycles. The third-order valence-electron chi connectivity index (χ3n) is 2.73. The maximum Gasteiger partial charge on any atom is 0.295 e. The average molecular weight is 244 g/mol. The molecular weight excluding hydrogens is 234 g/mol. The Kier molecular flexibility index (Phi) is 2.93. The van der Waals surface area contributed by atoms with Crippen LogP contribution in [0.3, 0.4) is 0 Å². The van der Waals surface area contributed by atoms with E-state index in [2.05, 4.69) is 5.32 Å². The second-order valence-electron chi connectivity index (χ2n) is 3.98. The van der Waals surface area contributed by atoms with Crippen molar-refractivity contribution >= 4 is 11.4 Å². The summed E-state index contributed by atoms with van der Waals surface area (Å²) in [4.78, 5) is 9.89. The van der Waals surface area contributed by atoms with Gasteiger partial charge in [0.2, 0.25) is 0 Å². The van der Waals surface area contributed by atoms with Gasteiger partial charge in [0.25, 0.3) is 5.69 Å². The van der Waals surface area contributed by atoms with E-state index in [9.17, 15) is 18.9 Å². The maximum absolute atomic E-state index is 13.4. The number of nitrogens with one attached hydrogen (secondary N) is 1. The van der Waals surface area contributed by atoms with Crippen molar-refractivity contribution in [3.8, 4) is 0 Å². The van der Waals surface area contributed by atoms with Gasteiger partial charge in [-0.2, -0.15) is 0 Å². The molecule has 2 N–H and O–H groups in total. The van der Waals surface area contributed by atoms with Gasteiger partial charge in [-0.05, 0) is 18.9 Å². The van der Waals surface area contributed by atoms with E-state index >= 15 is 0 Å². The van der Waals surface area contributed by atoms with Gasteiger partial charge in [-0.3, -0.25) is 10.1 Å². The summed E-state index contributed by atoms with van der Waals surface area (Å²) in [6.07, 6.45) is 0.253. The van der Waals surface area contributed by atoms with Gasteiger partial charge in [-0.1, -0.05) is 0 Å². The predicted molar refractivity (Wildman–Crippen MR) is 55.7 cm³/mol. The third-order valence-corrected chi connectivity index (χ3v) is 2.73. The van der Waals surface area contributed by atoms with Gasteiger partial charge in [-0.15, -0.1) is 0 Å². The molecule has 92 valence electrons. The molecule has 1 fully saturated rings. The molecule has 1 aromatic rings. The molecule has 0 atom stereocenters. The van der Waals surface area contributed by atoms with E-state index in [1.165, 1.54) is 0 Å². The zero-order valence-electron chi connectivity index (χ0n) is 8.69. The molecule has 0 spiro atoms. The highest BCUT2D eigenvalue weighted by molar-refractivity contribution is 5.63. The standard InChI is InChI=1S/C10H10F2N2O3/c11-7-1-2-8(14(16)17)10(9(7)12)13-5-3-6(15)4-5/h1-2,5-6,13,15H,3-4H2. The Balaban J connectivity index is 2.29. The van der Waals surface area contributed by atoms with Crippen LogP contribution in [-0.4, -0.2) is 22.2 Å². The molecule has 0 radical (unpaired) electrons. The lowest BCUT2D eigenvalue weighted by Gasteiger charge is -2.32. The highest BCUT2D eigenvalue weighted by Crippen LogP contribution is 2.33. The van der Waals surface area contributed by atoms with Crippen molar-refractivity contribution in [2.24, 2.45) is 0 Å². The topological polar surface area (TPSA) is 75.4 Å². The summed E-state index contributed by atoms with van der Waals surface area (Å²) < 4.78 is 26.4. The molecule has 0 unspecified atom stereocenters. The maximum atomic E-state index is 13.4. The van der Waals surface area contributed by atoms with Gasteiger partial charge < -0.3 is 10.4 Å². The van der Waals surface area contributed by atoms with E-state index in [1.54, 1.807) is 0 Å². The molecule has 0 heterocycles. The first-order chi connectivity index (χ1) is 7.99. The largest absolute Gasteiger partial charge is 0.393 e. The highest BCUT2D eigenvalue weighted by atomic mass is 19.2. The van der Waals surface area contributed by atoms with Crippen LogP contribution in [0.4, 0.5) is 20.2 Å². The van der Waals surface area contributed by atoms with Gasteiger partial charge in [0.1, 0.15) is 0 Å². The molecular formula is C10H10F2N2O3. The molecule has 1 aliphatic carbocycles. The second kappa shape index (κ2) is 4.25. The van der Waals surface area contributed by atoms with Crippen molar-refractivity contribution in [2.45, 2.75) is 25.0 Å². The van der Waals surface area contributed by atoms with Gasteiger partial charge >= 0.3 is 0 Å². The lowest BCUT2D eigenvalue weighted by atomic mass is 9.89. The van der Waals surface area contributed by atoms with Crippen LogP contribution in [0.25, 0.3) is 0 Å². The first kappa shape index (κ1) is 11.7. The van der Waals surface area contributed by atoms with E-state index in [1.807, 2.05) is 0 Å². The van der Waals surface area contributed by atoms with Crippen molar-refractivity contribution in [3.05, 3.63) is 33.9 Å². The zero-order valence-corrected chi connectivity index (χ0v) is 8.69. The molecule has 7 heteroatoms. The molecule has 0 amide bonds. The lowest BCUT2D eigenvalue weighted by Crippen LogP contribution is -2.39. The van der Waals surface area contributed by atoms with Crippen LogP contribution >= 0.6 is 0 Å². The first-order valence-corrected chi connectivity index (χ1v) is 5.06. The smallest absolute Gasteiger partial charge is 0.295 e. The van der Waals surface area contributed by atoms with Crippen molar-refractivity contribution in [3.63, 3.8) is 0 Å². The Morgan fingerprint density at radius 3 is 2.59 bits per heavy atom. The number of aliphatic hydroxyl groups is 1. The van der Waals surface area contributed by atoms with E-state index in [4.69, 9.17) is 5.11 Å². The Morgan fingerprint density at radius 2 is 2.06 bits per heavy atom. The summed E-state index contributed by atoms with van der Waals surface area (Å²) in [5, 5.41) is 22.3. The first-order valence-electron chi connectivity index (χ1n) is 5.06. The Labute approximate surface area is 95.2 Å². The summed E-state index contributed by atoms with van der Waals surface area (Å²) in [6, 6.07) is 1.37. The zero-order chi connectivity index (χ0) is 12.6. The van der Waals surface area contributed by atoms with Crippen LogP contribution in [0.5, 0.6) is 0 Å². The van der Waals surface area contributed by atoms with Gasteiger partial charge in [0, 0.05) is 12.1 Å². The van der Waals surface area contributed by atoms with E-state index in [-0.39, 0.29) is 6.04 Å². The molecule has 0 bridgehead atoms. The van der Waals surface area contributed by atoms with Crippen LogP contribution in [0.2, 0.25) is 0 Å². The Bertz CT molecular complexity index is 461. The number of nitro benzene ring substituents is 1. The minimum Gasteiger partial charge on any atom is -0.393 e. The molecule has 5 nitrogen and oxygen atoms in total. The number of aliphatic hydroxyl groups excluding tert-OH is 1. The molecule has 1 saturated carbocycles. The lowest BCUT2D eigenvalue weighted by molar-refractivity contribution is -0.384. The van der Waals surface area contributed by atoms with E-state index < -0.39 is 34.0 Å². The molecule has 0 saturated heterocycles. The number of nitrogens with zero attached hydrogens (tertiary/aromatic N) is 1. The number of hydrogen-bond acceptors (Lipinski definition) is 4. The predicted octanol–water partition coefficient (Wildman–Crippen LogP) is 1.81. The normalized spacial score (nSPS) is 23.0. The minimum absolute atomic E-state index is 0.264. The number of hydrogen-bond donors (Lipinski definition) is 2. The van der Waals surface area contributed by atoms with E-state index in [0.29, 0.717) is 18.9 Å². The van der Waals surface area contributed by atoms with Gasteiger partial charge in [-0.25, -0.2) is 8.78 Å². The monoisotopic (exact) mass is 244 g/mol. The SMILES string of the molecule is O=[N+]([O-])c1ccc(F)c(F)c1NC1CC(O)C1. The molecule has 17 heavy (non-hydrogen) atoms. The number of anilines is 1. The van der Waals surface area contributed by atoms with Crippen molar-refractivity contribution < 1.29 is 18.8 Å². The van der Waals surface area contributed by atoms with Crippen molar-refractivity contribution in [2.75, 3.05) is 5.32 Å². The molecule has 0 aromatic heterocycles. The second-order valence-corrected chi connectivity index (χ2v) is 3.98. The molecule has 2 rings (SSSR count). The summed E-state index contributed by atoms with van der Waals surface area (Å²) in [7, 11) is 0. The number of rotatable bonds is 3. The molecule has 0 aliphatic heterocycles. The fraction of sp³-hybridized carbons (Fsp3) is 0.400. The van der Waals surface area contributed by atoms with Crippen LogP contribution in [0.15, 0.2) is 12.1 Å². The van der Waals surface area contributed by atoms with Crippen molar-refractivity contribution in [1.29, 1.82) is 0 Å². The van der Waals surface area contributed by atoms with E-state index in [0.717, 1.165) is 6.07 Å². The number of benzene rings is 1. The quantitative estimate of drug-likeness (QED) is 0.628. The summed E-state index contributed by atoms with van der Waals surface area (Å²) >= 11 is 0. The Hall–Kier alpha value is -1.76. The van der Waals surface area contributed by atoms with Gasteiger partial charge in [0.05, 0.1) is 11.0 Å². The van der Waals surface area contributed by atoms with Crippen LogP contribution in [0.1, 0.15) is 12.8 Å². The average Bonchev–Trinajstić information content (AvgIpc) is 2.22.